The van der Waals surface area contributed by atoms with E-state index in [0.717, 1.165) is 16.3 Å². The summed E-state index contributed by atoms with van der Waals surface area (Å²) in [6.07, 6.45) is 1.58. The number of hydrazine groups is 1. The molecule has 4 aromatic carbocycles. The van der Waals surface area contributed by atoms with Crippen LogP contribution in [0, 0.1) is 0 Å². The van der Waals surface area contributed by atoms with Crippen LogP contribution in [0.15, 0.2) is 127 Å². The smallest absolute Gasteiger partial charge is 0.276 e. The zero-order valence-electron chi connectivity index (χ0n) is 21.1. The van der Waals surface area contributed by atoms with Gasteiger partial charge >= 0.3 is 0 Å². The topological polar surface area (TPSA) is 71.3 Å². The Balaban J connectivity index is 1.40. The Hall–Kier alpha value is -5.34. The van der Waals surface area contributed by atoms with Crippen LogP contribution in [0.25, 0.3) is 32.8 Å². The molecule has 1 saturated heterocycles. The number of hydrogen-bond donors (Lipinski definition) is 0. The predicted molar refractivity (Wildman–Crippen MR) is 158 cm³/mol. The molecular weight excluding hydrogens is 518 g/mol. The van der Waals surface area contributed by atoms with Crippen molar-refractivity contribution in [3.05, 3.63) is 133 Å². The Morgan fingerprint density at radius 3 is 1.57 bits per heavy atom. The van der Waals surface area contributed by atoms with E-state index in [0.29, 0.717) is 27.7 Å². The van der Waals surface area contributed by atoms with E-state index in [9.17, 15) is 9.59 Å². The zero-order valence-corrected chi connectivity index (χ0v) is 21.9. The largest absolute Gasteiger partial charge is 0.283 e. The lowest BCUT2D eigenvalue weighted by Gasteiger charge is -2.27. The van der Waals surface area contributed by atoms with Gasteiger partial charge in [0.05, 0.1) is 11.4 Å². The quantitative estimate of drug-likeness (QED) is 0.185. The molecule has 0 radical (unpaired) electrons. The van der Waals surface area contributed by atoms with Gasteiger partial charge in [0.25, 0.3) is 11.8 Å². The third kappa shape index (κ3) is 3.98. The highest BCUT2D eigenvalue weighted by Crippen LogP contribution is 2.35. The number of carbonyl (C=O) groups excluding carboxylic acids is 2. The van der Waals surface area contributed by atoms with Crippen molar-refractivity contribution in [2.75, 3.05) is 10.0 Å². The summed E-state index contributed by atoms with van der Waals surface area (Å²) in [6, 6.07) is 38.0. The van der Waals surface area contributed by atoms with E-state index in [1.54, 1.807) is 30.3 Å². The highest BCUT2D eigenvalue weighted by Gasteiger charge is 2.43. The van der Waals surface area contributed by atoms with Gasteiger partial charge < -0.3 is 0 Å². The zero-order chi connectivity index (χ0) is 27.1. The molecule has 2 amide bonds. The van der Waals surface area contributed by atoms with Crippen molar-refractivity contribution in [3.63, 3.8) is 0 Å². The highest BCUT2D eigenvalue weighted by molar-refractivity contribution is 7.21. The minimum Gasteiger partial charge on any atom is -0.276 e. The maximum Gasteiger partial charge on any atom is 0.283 e. The van der Waals surface area contributed by atoms with Crippen molar-refractivity contribution in [1.29, 1.82) is 0 Å². The van der Waals surface area contributed by atoms with Crippen LogP contribution in [0.2, 0.25) is 0 Å². The number of amides is 2. The number of para-hydroxylation sites is 3. The number of hydrogen-bond acceptors (Lipinski definition) is 5. The van der Waals surface area contributed by atoms with Crippen LogP contribution in [0.1, 0.15) is 5.82 Å². The van der Waals surface area contributed by atoms with Gasteiger partial charge in [-0.05, 0) is 42.5 Å². The van der Waals surface area contributed by atoms with E-state index in [2.05, 4.69) is 0 Å². The summed E-state index contributed by atoms with van der Waals surface area (Å²) in [6.45, 7) is 0. The van der Waals surface area contributed by atoms with Crippen molar-refractivity contribution in [1.82, 2.24) is 14.5 Å². The molecule has 40 heavy (non-hydrogen) atoms. The first-order valence-corrected chi connectivity index (χ1v) is 13.5. The summed E-state index contributed by atoms with van der Waals surface area (Å²) in [4.78, 5) is 38.3. The summed E-state index contributed by atoms with van der Waals surface area (Å²) in [5.41, 5.74) is 3.71. The number of anilines is 2. The molecule has 0 saturated carbocycles. The number of fused-ring (bicyclic) bond motifs is 1. The number of thiazole rings is 1. The lowest BCUT2D eigenvalue weighted by atomic mass is 10.2. The van der Waals surface area contributed by atoms with Crippen molar-refractivity contribution in [3.8, 4) is 16.3 Å². The van der Waals surface area contributed by atoms with E-state index in [4.69, 9.17) is 9.97 Å². The third-order valence-corrected chi connectivity index (χ3v) is 7.59. The van der Waals surface area contributed by atoms with Crippen molar-refractivity contribution in [2.45, 2.75) is 0 Å². The molecule has 1 aliphatic heterocycles. The second-order valence-corrected chi connectivity index (χ2v) is 10.1. The van der Waals surface area contributed by atoms with Gasteiger partial charge in [0.2, 0.25) is 0 Å². The number of carbonyl (C=O) groups is 2. The lowest BCUT2D eigenvalue weighted by Crippen LogP contribution is -2.41. The summed E-state index contributed by atoms with van der Waals surface area (Å²) >= 11 is 1.47. The van der Waals surface area contributed by atoms with Crippen LogP contribution >= 0.6 is 11.3 Å². The monoisotopic (exact) mass is 539 g/mol. The summed E-state index contributed by atoms with van der Waals surface area (Å²) in [5, 5.41) is 3.67. The van der Waals surface area contributed by atoms with Gasteiger partial charge in [0, 0.05) is 11.3 Å². The Bertz CT molecular complexity index is 1820. The molecule has 1 aliphatic rings. The Morgan fingerprint density at radius 2 is 1.05 bits per heavy atom. The van der Waals surface area contributed by atoms with Crippen LogP contribution < -0.4 is 10.0 Å². The summed E-state index contributed by atoms with van der Waals surface area (Å²) in [7, 11) is 0. The fourth-order valence-corrected chi connectivity index (χ4v) is 5.71. The maximum absolute atomic E-state index is 13.9. The number of imidazole rings is 1. The molecule has 0 unspecified atom stereocenters. The van der Waals surface area contributed by atoms with Gasteiger partial charge in [-0.3, -0.25) is 14.2 Å². The highest BCUT2D eigenvalue weighted by atomic mass is 32.1. The lowest BCUT2D eigenvalue weighted by molar-refractivity contribution is -0.116. The second-order valence-electron chi connectivity index (χ2n) is 9.12. The number of rotatable bonds is 5. The van der Waals surface area contributed by atoms with Crippen molar-refractivity contribution >= 4 is 51.1 Å². The average molecular weight is 540 g/mol. The van der Waals surface area contributed by atoms with Gasteiger partial charge in [-0.25, -0.2) is 20.0 Å². The molecule has 0 atom stereocenters. The van der Waals surface area contributed by atoms with E-state index in [-0.39, 0.29) is 5.57 Å². The fraction of sp³-hybridized carbons (Fsp3) is 0. The molecule has 8 heteroatoms. The first-order chi connectivity index (χ1) is 19.7. The average Bonchev–Trinajstić information content (AvgIpc) is 3.64. The SMILES string of the molecule is O=C1C(=Cc2nc3sc(-c4ccccc4)nc3n2-c2ccccc2)C(=O)N(c2ccccc2)N1c1ccccc1. The van der Waals surface area contributed by atoms with Crippen LogP contribution in [0.4, 0.5) is 11.4 Å². The van der Waals surface area contributed by atoms with Crippen LogP contribution in [0.5, 0.6) is 0 Å². The van der Waals surface area contributed by atoms with E-state index in [1.807, 2.05) is 102 Å². The molecule has 7 nitrogen and oxygen atoms in total. The van der Waals surface area contributed by atoms with Crippen LogP contribution in [-0.2, 0) is 9.59 Å². The van der Waals surface area contributed by atoms with Crippen molar-refractivity contribution < 1.29 is 9.59 Å². The van der Waals surface area contributed by atoms with E-state index in [1.165, 1.54) is 21.4 Å². The first kappa shape index (κ1) is 23.8. The molecule has 1 fully saturated rings. The number of aromatic nitrogens is 3. The van der Waals surface area contributed by atoms with E-state index < -0.39 is 11.8 Å². The maximum atomic E-state index is 13.9. The first-order valence-electron chi connectivity index (χ1n) is 12.7. The molecule has 0 spiro atoms. The molecule has 6 aromatic rings. The fourth-order valence-electron chi connectivity index (χ4n) is 4.78. The Kier molecular flexibility index (Phi) is 5.79. The Labute approximate surface area is 233 Å². The summed E-state index contributed by atoms with van der Waals surface area (Å²) < 4.78 is 1.89. The summed E-state index contributed by atoms with van der Waals surface area (Å²) in [5.74, 6) is -0.396. The molecule has 0 N–H and O–H groups in total. The molecule has 0 aliphatic carbocycles. The van der Waals surface area contributed by atoms with Gasteiger partial charge in [0.15, 0.2) is 10.5 Å². The normalized spacial score (nSPS) is 13.4. The third-order valence-electron chi connectivity index (χ3n) is 6.60. The predicted octanol–water partition coefficient (Wildman–Crippen LogP) is 6.53. The van der Waals surface area contributed by atoms with Gasteiger partial charge in [-0.15, -0.1) is 0 Å². The molecule has 2 aromatic heterocycles. The number of benzene rings is 4. The minimum absolute atomic E-state index is 0.0193. The molecule has 7 rings (SSSR count). The standard InChI is InChI=1S/C32H21N5O2S/c38-31-26(32(39)37(25-19-11-4-12-20-25)36(31)24-17-9-3-10-18-24)21-27-33-30-28(35(27)23-15-7-2-8-16-23)34-29(40-30)22-13-5-1-6-14-22/h1-21H. The van der Waals surface area contributed by atoms with Crippen LogP contribution in [-0.4, -0.2) is 26.3 Å². The molecule has 3 heterocycles. The van der Waals surface area contributed by atoms with Gasteiger partial charge in [-0.2, -0.15) is 0 Å². The Morgan fingerprint density at radius 1 is 0.575 bits per heavy atom. The molecule has 192 valence electrons. The minimum atomic E-state index is -0.427. The number of nitrogens with zero attached hydrogens (tertiary/aromatic N) is 5. The van der Waals surface area contributed by atoms with E-state index >= 15 is 0 Å². The van der Waals surface area contributed by atoms with Gasteiger partial charge in [-0.1, -0.05) is 96.3 Å². The molecule has 0 bridgehead atoms. The second kappa shape index (κ2) is 9.76. The van der Waals surface area contributed by atoms with Crippen molar-refractivity contribution in [2.24, 2.45) is 0 Å². The van der Waals surface area contributed by atoms with Gasteiger partial charge in [0.1, 0.15) is 16.4 Å². The molecular formula is C32H21N5O2S. The van der Waals surface area contributed by atoms with Crippen LogP contribution in [0.3, 0.4) is 0 Å².